The summed E-state index contributed by atoms with van der Waals surface area (Å²) in [6.07, 6.45) is 7.82. The lowest BCUT2D eigenvalue weighted by molar-refractivity contribution is -0.140. The number of hydrazone groups is 1. The molecule has 0 spiro atoms. The van der Waals surface area contributed by atoms with Crippen LogP contribution in [0.5, 0.6) is 5.75 Å². The van der Waals surface area contributed by atoms with Crippen LogP contribution in [0.2, 0.25) is 0 Å². The van der Waals surface area contributed by atoms with E-state index in [-0.39, 0.29) is 35.5 Å². The molecule has 2 fully saturated rings. The highest BCUT2D eigenvalue weighted by molar-refractivity contribution is 14.1. The number of fused-ring (bicyclic) bond motifs is 2. The summed E-state index contributed by atoms with van der Waals surface area (Å²) >= 11 is 4.52. The highest BCUT2D eigenvalue weighted by Crippen LogP contribution is 2.49. The van der Waals surface area contributed by atoms with Crippen molar-refractivity contribution < 1.29 is 14.3 Å². The van der Waals surface area contributed by atoms with Gasteiger partial charge in [0.05, 0.1) is 25.2 Å². The van der Waals surface area contributed by atoms with Crippen LogP contribution in [0, 0.1) is 30.8 Å². The molecular weight excluding hydrogens is 666 g/mol. The van der Waals surface area contributed by atoms with Crippen molar-refractivity contribution >= 4 is 74.0 Å². The molecule has 5 nitrogen and oxygen atoms in total. The average Bonchev–Trinajstić information content (AvgIpc) is 3.14. The molecule has 7 rings (SSSR count). The molecule has 7 heteroatoms. The molecule has 1 aliphatic heterocycles. The highest BCUT2D eigenvalue weighted by Gasteiger charge is 2.56. The van der Waals surface area contributed by atoms with Gasteiger partial charge in [0.25, 0.3) is 11.8 Å². The third-order valence-electron chi connectivity index (χ3n) is 7.33. The van der Waals surface area contributed by atoms with Crippen molar-refractivity contribution in [3.05, 3.63) is 85.0 Å². The first-order valence-electron chi connectivity index (χ1n) is 11.7. The van der Waals surface area contributed by atoms with Crippen molar-refractivity contribution in [2.24, 2.45) is 28.8 Å². The first-order valence-corrected chi connectivity index (χ1v) is 13.9. The number of ether oxygens (including phenoxy) is 1. The van der Waals surface area contributed by atoms with Crippen molar-refractivity contribution in [3.8, 4) is 5.75 Å². The molecule has 2 amide bonds. The van der Waals surface area contributed by atoms with Crippen molar-refractivity contribution in [2.75, 3.05) is 0 Å². The molecule has 1 heterocycles. The van der Waals surface area contributed by atoms with Gasteiger partial charge in [-0.3, -0.25) is 9.59 Å². The summed E-state index contributed by atoms with van der Waals surface area (Å²) < 4.78 is 8.14. The van der Waals surface area contributed by atoms with E-state index in [1.807, 2.05) is 24.3 Å². The normalized spacial score (nSPS) is 25.1. The number of halogens is 2. The number of imide groups is 1. The van der Waals surface area contributed by atoms with Crippen molar-refractivity contribution in [1.82, 2.24) is 5.01 Å². The van der Waals surface area contributed by atoms with Crippen LogP contribution in [0.25, 0.3) is 10.8 Å². The van der Waals surface area contributed by atoms with Crippen LogP contribution in [0.1, 0.15) is 24.0 Å². The van der Waals surface area contributed by atoms with Crippen LogP contribution < -0.4 is 4.74 Å². The minimum Gasteiger partial charge on any atom is -0.487 e. The van der Waals surface area contributed by atoms with E-state index in [1.54, 1.807) is 6.21 Å². The van der Waals surface area contributed by atoms with Gasteiger partial charge in [0, 0.05) is 0 Å². The minimum atomic E-state index is -0.242. The lowest BCUT2D eigenvalue weighted by atomic mass is 9.63. The Hall–Kier alpha value is -2.27. The van der Waals surface area contributed by atoms with E-state index >= 15 is 0 Å². The second kappa shape index (κ2) is 9.31. The standard InChI is InChI=1S/C28H22I2N2O3/c29-22-12-16(14-31-32-27(33)24-18-8-9-19(11-10-18)25(24)28(32)34)13-23(30)26(22)35-15-20-6-3-5-17-4-1-2-7-21(17)20/h1-9,12-14,18-19,24-25H,10-11,15H2/b31-14-/t18-,19-,24+,25+/m1/s1. The third kappa shape index (κ3) is 4.10. The van der Waals surface area contributed by atoms with Crippen molar-refractivity contribution in [1.29, 1.82) is 0 Å². The predicted octanol–water partition coefficient (Wildman–Crippen LogP) is 6.16. The number of carbonyl (C=O) groups is 2. The number of carbonyl (C=O) groups excluding carboxylic acids is 2. The van der Waals surface area contributed by atoms with Crippen LogP contribution in [0.4, 0.5) is 0 Å². The number of amides is 2. The van der Waals surface area contributed by atoms with Gasteiger partial charge in [0.15, 0.2) is 0 Å². The Morgan fingerprint density at radius 2 is 1.54 bits per heavy atom. The molecule has 3 aliphatic carbocycles. The van der Waals surface area contributed by atoms with Gasteiger partial charge in [-0.2, -0.15) is 10.1 Å². The van der Waals surface area contributed by atoms with E-state index in [1.165, 1.54) is 10.8 Å². The second-order valence-electron chi connectivity index (χ2n) is 9.31. The third-order valence-corrected chi connectivity index (χ3v) is 8.93. The molecule has 1 saturated carbocycles. The lowest BCUT2D eigenvalue weighted by Gasteiger charge is -2.37. The first-order chi connectivity index (χ1) is 17.0. The maximum atomic E-state index is 13.0. The van der Waals surface area contributed by atoms with E-state index in [4.69, 9.17) is 4.74 Å². The minimum absolute atomic E-state index is 0.158. The van der Waals surface area contributed by atoms with Crippen LogP contribution in [-0.4, -0.2) is 23.0 Å². The summed E-state index contributed by atoms with van der Waals surface area (Å²) in [5, 5.41) is 7.84. The molecule has 4 atom stereocenters. The van der Waals surface area contributed by atoms with Gasteiger partial charge in [-0.1, -0.05) is 54.6 Å². The number of benzene rings is 3. The van der Waals surface area contributed by atoms with Crippen molar-refractivity contribution in [2.45, 2.75) is 19.4 Å². The molecule has 3 aromatic carbocycles. The average molecular weight is 688 g/mol. The smallest absolute Gasteiger partial charge is 0.254 e. The zero-order valence-electron chi connectivity index (χ0n) is 18.7. The quantitative estimate of drug-likeness (QED) is 0.140. The van der Waals surface area contributed by atoms with Gasteiger partial charge in [-0.15, -0.1) is 0 Å². The molecule has 176 valence electrons. The fourth-order valence-electron chi connectivity index (χ4n) is 5.66. The maximum absolute atomic E-state index is 13.0. The molecule has 2 bridgehead atoms. The Kier molecular flexibility index (Phi) is 6.16. The molecule has 3 aromatic rings. The zero-order chi connectivity index (χ0) is 24.1. The fraction of sp³-hybridized carbons (Fsp3) is 0.250. The SMILES string of the molecule is O=C1[C@@H]2[C@@H](C(=O)N1/N=C\c1cc(I)c(OCc3cccc4ccccc34)c(I)c1)[C@@H]1C=C[C@@H]2CC1. The molecule has 0 radical (unpaired) electrons. The Bertz CT molecular complexity index is 1360. The van der Waals surface area contributed by atoms with Crippen molar-refractivity contribution in [3.63, 3.8) is 0 Å². The second-order valence-corrected chi connectivity index (χ2v) is 11.6. The van der Waals surface area contributed by atoms with Crippen LogP contribution in [0.3, 0.4) is 0 Å². The Morgan fingerprint density at radius 3 is 2.20 bits per heavy atom. The van der Waals surface area contributed by atoms with Gasteiger partial charge < -0.3 is 4.74 Å². The molecule has 0 unspecified atom stereocenters. The van der Waals surface area contributed by atoms with Gasteiger partial charge in [0.1, 0.15) is 12.4 Å². The lowest BCUT2D eigenvalue weighted by Crippen LogP contribution is -2.38. The summed E-state index contributed by atoms with van der Waals surface area (Å²) in [5.74, 6) is 0.355. The van der Waals surface area contributed by atoms with Crippen LogP contribution >= 0.6 is 45.2 Å². The topological polar surface area (TPSA) is 59.0 Å². The Morgan fingerprint density at radius 1 is 0.914 bits per heavy atom. The largest absolute Gasteiger partial charge is 0.487 e. The Balaban J connectivity index is 1.20. The molecule has 0 N–H and O–H groups in total. The van der Waals surface area contributed by atoms with Gasteiger partial charge in [0.2, 0.25) is 0 Å². The monoisotopic (exact) mass is 688 g/mol. The van der Waals surface area contributed by atoms with Gasteiger partial charge >= 0.3 is 0 Å². The summed E-state index contributed by atoms with van der Waals surface area (Å²) in [6, 6.07) is 18.5. The van der Waals surface area contributed by atoms with E-state index in [0.29, 0.717) is 6.61 Å². The maximum Gasteiger partial charge on any atom is 0.254 e. The summed E-state index contributed by atoms with van der Waals surface area (Å²) in [4.78, 5) is 26.0. The van der Waals surface area contributed by atoms with Gasteiger partial charge in [-0.05, 0) is 104 Å². The predicted molar refractivity (Wildman–Crippen MR) is 152 cm³/mol. The zero-order valence-corrected chi connectivity index (χ0v) is 23.0. The van der Waals surface area contributed by atoms with Crippen LogP contribution in [0.15, 0.2) is 71.9 Å². The molecular formula is C28H22I2N2O3. The summed E-state index contributed by atoms with van der Waals surface area (Å²) in [5.41, 5.74) is 1.96. The summed E-state index contributed by atoms with van der Waals surface area (Å²) in [7, 11) is 0. The van der Waals surface area contributed by atoms with E-state index < -0.39 is 0 Å². The number of allylic oxidation sites excluding steroid dienone is 2. The number of nitrogens with zero attached hydrogens (tertiary/aromatic N) is 2. The molecule has 1 saturated heterocycles. The first kappa shape index (κ1) is 23.1. The molecule has 35 heavy (non-hydrogen) atoms. The number of hydrogen-bond acceptors (Lipinski definition) is 4. The van der Waals surface area contributed by atoms with Gasteiger partial charge in [-0.25, -0.2) is 0 Å². The Labute approximate surface area is 230 Å². The van der Waals surface area contributed by atoms with Crippen LogP contribution in [-0.2, 0) is 16.2 Å². The summed E-state index contributed by atoms with van der Waals surface area (Å²) in [6.45, 7) is 0.469. The molecule has 0 aromatic heterocycles. The van der Waals surface area contributed by atoms with E-state index in [2.05, 4.69) is 92.8 Å². The number of hydrogen-bond donors (Lipinski definition) is 0. The highest BCUT2D eigenvalue weighted by atomic mass is 127. The number of rotatable bonds is 5. The van der Waals surface area contributed by atoms with E-state index in [9.17, 15) is 9.59 Å². The molecule has 4 aliphatic rings. The van der Waals surface area contributed by atoms with E-state index in [0.717, 1.165) is 41.9 Å². The fourth-order valence-corrected chi connectivity index (χ4v) is 7.78.